The number of nitrogens with zero attached hydrogens (tertiary/aromatic N) is 1. The zero-order valence-electron chi connectivity index (χ0n) is 10.9. The van der Waals surface area contributed by atoms with E-state index in [4.69, 9.17) is 4.55 Å². The van der Waals surface area contributed by atoms with Gasteiger partial charge in [0.05, 0.1) is 10.6 Å². The second-order valence-electron chi connectivity index (χ2n) is 4.42. The van der Waals surface area contributed by atoms with Gasteiger partial charge in [0.15, 0.2) is 5.88 Å². The minimum atomic E-state index is -4.37. The fourth-order valence-corrected chi connectivity index (χ4v) is 2.36. The Morgan fingerprint density at radius 1 is 1.15 bits per heavy atom. The molecule has 0 spiro atoms. The summed E-state index contributed by atoms with van der Waals surface area (Å²) in [5.41, 5.74) is 0.787. The van der Waals surface area contributed by atoms with Crippen LogP contribution < -0.4 is 5.56 Å². The van der Waals surface area contributed by atoms with Crippen molar-refractivity contribution in [1.82, 2.24) is 4.57 Å². The van der Waals surface area contributed by atoms with Gasteiger partial charge in [-0.25, -0.2) is 4.57 Å². The van der Waals surface area contributed by atoms with Crippen LogP contribution in [0.25, 0.3) is 5.69 Å². The van der Waals surface area contributed by atoms with E-state index >= 15 is 0 Å². The van der Waals surface area contributed by atoms with Crippen molar-refractivity contribution in [3.05, 3.63) is 51.8 Å². The first-order valence-corrected chi connectivity index (χ1v) is 7.16. The van der Waals surface area contributed by atoms with Gasteiger partial charge in [-0.1, -0.05) is 6.07 Å². The van der Waals surface area contributed by atoms with Crippen LogP contribution in [0, 0.1) is 13.8 Å². The van der Waals surface area contributed by atoms with Gasteiger partial charge in [-0.2, -0.15) is 8.42 Å². The Morgan fingerprint density at radius 3 is 2.40 bits per heavy atom. The molecule has 2 aromatic rings. The molecule has 7 heteroatoms. The summed E-state index contributed by atoms with van der Waals surface area (Å²) >= 11 is 0. The number of hydrogen-bond acceptors (Lipinski definition) is 4. The zero-order valence-corrected chi connectivity index (χ0v) is 11.7. The van der Waals surface area contributed by atoms with E-state index in [0.29, 0.717) is 11.1 Å². The van der Waals surface area contributed by atoms with E-state index in [1.807, 2.05) is 0 Å². The average Bonchev–Trinajstić information content (AvgIpc) is 2.35. The second kappa shape index (κ2) is 4.77. The van der Waals surface area contributed by atoms with Gasteiger partial charge in [-0.3, -0.25) is 9.35 Å². The maximum absolute atomic E-state index is 12.2. The van der Waals surface area contributed by atoms with Crippen LogP contribution in [0.3, 0.4) is 0 Å². The Hall–Kier alpha value is -2.12. The van der Waals surface area contributed by atoms with Gasteiger partial charge in [0.25, 0.3) is 15.7 Å². The number of aryl methyl sites for hydroxylation is 1. The van der Waals surface area contributed by atoms with E-state index < -0.39 is 15.7 Å². The molecule has 0 fully saturated rings. The van der Waals surface area contributed by atoms with Gasteiger partial charge in [0, 0.05) is 11.6 Å². The smallest absolute Gasteiger partial charge is 0.294 e. The Balaban J connectivity index is 2.77. The van der Waals surface area contributed by atoms with Gasteiger partial charge in [-0.15, -0.1) is 0 Å². The summed E-state index contributed by atoms with van der Waals surface area (Å²) in [6, 6.07) is 6.56. The van der Waals surface area contributed by atoms with Crippen molar-refractivity contribution in [2.75, 3.05) is 0 Å². The SMILES string of the molecule is Cc1cc(O)n(-c2cccc(S(=O)(=O)O)c2)c(=O)c1C. The van der Waals surface area contributed by atoms with Gasteiger partial charge in [0.1, 0.15) is 0 Å². The van der Waals surface area contributed by atoms with Crippen molar-refractivity contribution in [2.45, 2.75) is 18.7 Å². The first-order valence-electron chi connectivity index (χ1n) is 5.72. The van der Waals surface area contributed by atoms with E-state index in [-0.39, 0.29) is 16.5 Å². The predicted octanol–water partition coefficient (Wildman–Crippen LogP) is 1.41. The Kier molecular flexibility index (Phi) is 3.41. The highest BCUT2D eigenvalue weighted by atomic mass is 32.2. The van der Waals surface area contributed by atoms with Crippen molar-refractivity contribution in [3.63, 3.8) is 0 Å². The molecule has 2 N–H and O–H groups in total. The van der Waals surface area contributed by atoms with Crippen LogP contribution in [-0.2, 0) is 10.1 Å². The molecule has 0 aliphatic heterocycles. The third-order valence-corrected chi connectivity index (χ3v) is 3.91. The second-order valence-corrected chi connectivity index (χ2v) is 5.85. The lowest BCUT2D eigenvalue weighted by molar-refractivity contribution is 0.434. The molecule has 6 nitrogen and oxygen atoms in total. The van der Waals surface area contributed by atoms with Crippen molar-refractivity contribution >= 4 is 10.1 Å². The average molecular weight is 295 g/mol. The summed E-state index contributed by atoms with van der Waals surface area (Å²) in [6.07, 6.45) is 0. The quantitative estimate of drug-likeness (QED) is 0.816. The molecule has 0 atom stereocenters. The fraction of sp³-hybridized carbons (Fsp3) is 0.154. The monoisotopic (exact) mass is 295 g/mol. The third-order valence-electron chi connectivity index (χ3n) is 3.06. The molecule has 0 radical (unpaired) electrons. The molecule has 0 amide bonds. The number of hydrogen-bond donors (Lipinski definition) is 2. The van der Waals surface area contributed by atoms with Gasteiger partial charge in [0.2, 0.25) is 0 Å². The minimum Gasteiger partial charge on any atom is -0.494 e. The van der Waals surface area contributed by atoms with Crippen molar-refractivity contribution in [2.24, 2.45) is 0 Å². The van der Waals surface area contributed by atoms with Crippen LogP contribution in [0.15, 0.2) is 40.0 Å². The predicted molar refractivity (Wildman–Crippen MR) is 73.0 cm³/mol. The standard InChI is InChI=1S/C13H13NO5S/c1-8-6-12(15)14(13(16)9(8)2)10-4-3-5-11(7-10)20(17,18)19/h3-7,15H,1-2H3,(H,17,18,19). The maximum atomic E-state index is 12.2. The molecular formula is C13H13NO5S. The first kappa shape index (κ1) is 14.3. The van der Waals surface area contributed by atoms with Crippen LogP contribution in [0.5, 0.6) is 5.88 Å². The van der Waals surface area contributed by atoms with E-state index in [1.54, 1.807) is 13.8 Å². The van der Waals surface area contributed by atoms with Crippen molar-refractivity contribution in [1.29, 1.82) is 0 Å². The molecule has 1 aromatic carbocycles. The molecule has 0 saturated carbocycles. The van der Waals surface area contributed by atoms with Crippen LogP contribution in [0.4, 0.5) is 0 Å². The molecule has 0 aliphatic rings. The van der Waals surface area contributed by atoms with Gasteiger partial charge < -0.3 is 5.11 Å². The highest BCUT2D eigenvalue weighted by molar-refractivity contribution is 7.85. The van der Waals surface area contributed by atoms with Gasteiger partial charge in [-0.05, 0) is 37.6 Å². The minimum absolute atomic E-state index is 0.158. The molecule has 0 aliphatic carbocycles. The zero-order chi connectivity index (χ0) is 15.1. The van der Waals surface area contributed by atoms with E-state index in [0.717, 1.165) is 10.6 Å². The topological polar surface area (TPSA) is 96.6 Å². The van der Waals surface area contributed by atoms with Crippen molar-refractivity contribution in [3.8, 4) is 11.6 Å². The normalized spacial score (nSPS) is 11.6. The summed E-state index contributed by atoms with van der Waals surface area (Å²) in [7, 11) is -4.37. The van der Waals surface area contributed by atoms with Crippen LogP contribution in [0.2, 0.25) is 0 Å². The number of rotatable bonds is 2. The summed E-state index contributed by atoms with van der Waals surface area (Å²) in [5, 5.41) is 9.89. The van der Waals surface area contributed by atoms with Crippen LogP contribution in [0.1, 0.15) is 11.1 Å². The first-order chi connectivity index (χ1) is 9.21. The highest BCUT2D eigenvalue weighted by Crippen LogP contribution is 2.20. The molecule has 0 unspecified atom stereocenters. The molecule has 0 saturated heterocycles. The third kappa shape index (κ3) is 2.45. The Morgan fingerprint density at radius 2 is 1.80 bits per heavy atom. The van der Waals surface area contributed by atoms with E-state index in [2.05, 4.69) is 0 Å². The Labute approximate surface area is 115 Å². The molecule has 1 heterocycles. The molecule has 20 heavy (non-hydrogen) atoms. The Bertz CT molecular complexity index is 836. The highest BCUT2D eigenvalue weighted by Gasteiger charge is 2.14. The molecule has 0 bridgehead atoms. The largest absolute Gasteiger partial charge is 0.494 e. The molecule has 2 rings (SSSR count). The lowest BCUT2D eigenvalue weighted by Gasteiger charge is -2.12. The summed E-state index contributed by atoms with van der Waals surface area (Å²) < 4.78 is 32.2. The number of aromatic hydroxyl groups is 1. The van der Waals surface area contributed by atoms with Gasteiger partial charge >= 0.3 is 0 Å². The number of benzene rings is 1. The van der Waals surface area contributed by atoms with Crippen molar-refractivity contribution < 1.29 is 18.1 Å². The molecule has 1 aromatic heterocycles. The molecular weight excluding hydrogens is 282 g/mol. The summed E-state index contributed by atoms with van der Waals surface area (Å²) in [5.74, 6) is -0.300. The molecule has 106 valence electrons. The lowest BCUT2D eigenvalue weighted by atomic mass is 10.1. The number of pyridine rings is 1. The van der Waals surface area contributed by atoms with E-state index in [1.165, 1.54) is 24.3 Å². The van der Waals surface area contributed by atoms with E-state index in [9.17, 15) is 18.3 Å². The van der Waals surface area contributed by atoms with Crippen LogP contribution in [-0.4, -0.2) is 22.6 Å². The number of aromatic nitrogens is 1. The fourth-order valence-electron chi connectivity index (χ4n) is 1.84. The summed E-state index contributed by atoms with van der Waals surface area (Å²) in [6.45, 7) is 3.30. The summed E-state index contributed by atoms with van der Waals surface area (Å²) in [4.78, 5) is 11.8. The lowest BCUT2D eigenvalue weighted by Crippen LogP contribution is -2.21. The van der Waals surface area contributed by atoms with Crippen LogP contribution >= 0.6 is 0 Å². The maximum Gasteiger partial charge on any atom is 0.294 e.